The van der Waals surface area contributed by atoms with Crippen molar-refractivity contribution in [2.45, 2.75) is 19.7 Å². The fourth-order valence-corrected chi connectivity index (χ4v) is 2.33. The number of benzene rings is 2. The summed E-state index contributed by atoms with van der Waals surface area (Å²) < 4.78 is 5.07. The summed E-state index contributed by atoms with van der Waals surface area (Å²) in [7, 11) is 1.49. The van der Waals surface area contributed by atoms with Gasteiger partial charge in [-0.25, -0.2) is 0 Å². The molecule has 0 heterocycles. The van der Waals surface area contributed by atoms with Crippen LogP contribution in [0.2, 0.25) is 5.02 Å². The van der Waals surface area contributed by atoms with E-state index >= 15 is 0 Å². The highest BCUT2D eigenvalue weighted by Gasteiger charge is 2.09. The van der Waals surface area contributed by atoms with Crippen molar-refractivity contribution < 1.29 is 14.9 Å². The maximum absolute atomic E-state index is 10.0. The first-order valence-corrected chi connectivity index (χ1v) is 6.96. The normalized spacial score (nSPS) is 10.6. The van der Waals surface area contributed by atoms with Gasteiger partial charge in [0.1, 0.15) is 0 Å². The Morgan fingerprint density at radius 1 is 1.14 bits per heavy atom. The Labute approximate surface area is 129 Å². The maximum Gasteiger partial charge on any atom is 0.162 e. The molecule has 5 heteroatoms. The highest BCUT2D eigenvalue weighted by molar-refractivity contribution is 6.30. The molecule has 0 aliphatic rings. The molecule has 21 heavy (non-hydrogen) atoms. The topological polar surface area (TPSA) is 61.7 Å². The van der Waals surface area contributed by atoms with Crippen molar-refractivity contribution in [3.8, 4) is 11.5 Å². The first-order chi connectivity index (χ1) is 10.1. The smallest absolute Gasteiger partial charge is 0.162 e. The Hall–Kier alpha value is -1.75. The number of aromatic hydroxyl groups is 1. The van der Waals surface area contributed by atoms with Crippen LogP contribution in [0.3, 0.4) is 0 Å². The van der Waals surface area contributed by atoms with Crippen LogP contribution in [0.1, 0.15) is 16.7 Å². The van der Waals surface area contributed by atoms with Gasteiger partial charge in [0.25, 0.3) is 0 Å². The lowest BCUT2D eigenvalue weighted by atomic mass is 10.1. The number of methoxy groups -OCH3 is 1. The van der Waals surface area contributed by atoms with E-state index in [1.807, 2.05) is 24.3 Å². The minimum absolute atomic E-state index is 0.0279. The van der Waals surface area contributed by atoms with Crippen molar-refractivity contribution in [3.63, 3.8) is 0 Å². The number of rotatable bonds is 6. The third kappa shape index (κ3) is 4.11. The van der Waals surface area contributed by atoms with E-state index in [4.69, 9.17) is 21.4 Å². The second kappa shape index (κ2) is 7.31. The molecule has 2 rings (SSSR count). The van der Waals surface area contributed by atoms with Crippen molar-refractivity contribution in [2.24, 2.45) is 0 Å². The van der Waals surface area contributed by atoms with Gasteiger partial charge in [-0.1, -0.05) is 35.9 Å². The van der Waals surface area contributed by atoms with Crippen LogP contribution in [0.4, 0.5) is 0 Å². The van der Waals surface area contributed by atoms with Crippen molar-refractivity contribution in [2.75, 3.05) is 7.11 Å². The summed E-state index contributed by atoms with van der Waals surface area (Å²) in [6, 6.07) is 11.0. The van der Waals surface area contributed by atoms with E-state index in [-0.39, 0.29) is 12.4 Å². The number of phenolic OH excluding ortho intramolecular Hbond substituents is 1. The average Bonchev–Trinajstić information content (AvgIpc) is 2.50. The number of nitrogens with one attached hydrogen (secondary N) is 1. The van der Waals surface area contributed by atoms with Crippen molar-refractivity contribution in [1.29, 1.82) is 0 Å². The summed E-state index contributed by atoms with van der Waals surface area (Å²) in [6.45, 7) is 1.12. The average molecular weight is 308 g/mol. The third-order valence-corrected chi connectivity index (χ3v) is 3.38. The quantitative estimate of drug-likeness (QED) is 0.768. The molecule has 0 radical (unpaired) electrons. The molecule has 2 aromatic rings. The molecule has 2 aromatic carbocycles. The van der Waals surface area contributed by atoms with Crippen molar-refractivity contribution in [3.05, 3.63) is 58.1 Å². The molecule has 0 fully saturated rings. The van der Waals surface area contributed by atoms with E-state index in [2.05, 4.69) is 5.32 Å². The summed E-state index contributed by atoms with van der Waals surface area (Å²) in [5, 5.41) is 22.9. The largest absolute Gasteiger partial charge is 0.504 e. The first kappa shape index (κ1) is 15.6. The summed E-state index contributed by atoms with van der Waals surface area (Å²) in [4.78, 5) is 0. The Balaban J connectivity index is 2.01. The number of halogens is 1. The lowest BCUT2D eigenvalue weighted by Gasteiger charge is -2.11. The van der Waals surface area contributed by atoms with Crippen molar-refractivity contribution in [1.82, 2.24) is 5.32 Å². The molecule has 0 spiro atoms. The number of phenols is 1. The summed E-state index contributed by atoms with van der Waals surface area (Å²) in [6.07, 6.45) is 0. The molecular formula is C16H18ClNO3. The zero-order chi connectivity index (χ0) is 15.2. The van der Waals surface area contributed by atoms with E-state index in [1.165, 1.54) is 7.11 Å². The van der Waals surface area contributed by atoms with Crippen LogP contribution in [-0.4, -0.2) is 17.3 Å². The lowest BCUT2D eigenvalue weighted by molar-refractivity contribution is 0.281. The fraction of sp³-hybridized carbons (Fsp3) is 0.250. The lowest BCUT2D eigenvalue weighted by Crippen LogP contribution is -2.13. The molecule has 0 saturated carbocycles. The van der Waals surface area contributed by atoms with Crippen LogP contribution in [0, 0.1) is 0 Å². The second-order valence-electron chi connectivity index (χ2n) is 4.70. The van der Waals surface area contributed by atoms with Crippen LogP contribution in [0.5, 0.6) is 11.5 Å². The highest BCUT2D eigenvalue weighted by Crippen LogP contribution is 2.33. The monoisotopic (exact) mass is 307 g/mol. The third-order valence-electron chi connectivity index (χ3n) is 3.16. The Morgan fingerprint density at radius 2 is 1.90 bits per heavy atom. The predicted molar refractivity (Wildman–Crippen MR) is 82.6 cm³/mol. The predicted octanol–water partition coefficient (Wildman–Crippen LogP) is 2.84. The molecule has 0 atom stereocenters. The van der Waals surface area contributed by atoms with E-state index in [9.17, 15) is 5.11 Å². The van der Waals surface area contributed by atoms with Gasteiger partial charge in [0.2, 0.25) is 0 Å². The summed E-state index contributed by atoms with van der Waals surface area (Å²) in [5.41, 5.74) is 2.62. The number of hydrogen-bond acceptors (Lipinski definition) is 4. The summed E-state index contributed by atoms with van der Waals surface area (Å²) in [5.74, 6) is 0.458. The highest BCUT2D eigenvalue weighted by atomic mass is 35.5. The Morgan fingerprint density at radius 3 is 2.62 bits per heavy atom. The molecule has 0 saturated heterocycles. The Bertz CT molecular complexity index is 616. The molecular weight excluding hydrogens is 290 g/mol. The summed E-state index contributed by atoms with van der Waals surface area (Å²) >= 11 is 5.99. The molecule has 0 aliphatic heterocycles. The molecule has 112 valence electrons. The molecule has 3 N–H and O–H groups in total. The Kier molecular flexibility index (Phi) is 5.44. The van der Waals surface area contributed by atoms with Crippen molar-refractivity contribution >= 4 is 11.6 Å². The SMILES string of the molecule is COc1cc(Cl)cc(CNCc2cccc(CO)c2)c1O. The van der Waals surface area contributed by atoms with Crippen LogP contribution >= 0.6 is 11.6 Å². The van der Waals surface area contributed by atoms with Gasteiger partial charge in [-0.15, -0.1) is 0 Å². The first-order valence-electron chi connectivity index (χ1n) is 6.59. The van der Waals surface area contributed by atoms with Crippen LogP contribution in [0.15, 0.2) is 36.4 Å². The van der Waals surface area contributed by atoms with Gasteiger partial charge in [0.05, 0.1) is 13.7 Å². The van der Waals surface area contributed by atoms with Crippen LogP contribution in [0.25, 0.3) is 0 Å². The number of aliphatic hydroxyl groups excluding tert-OH is 1. The minimum atomic E-state index is 0.0279. The molecule has 0 amide bonds. The molecule has 0 unspecified atom stereocenters. The van der Waals surface area contributed by atoms with Gasteiger partial charge >= 0.3 is 0 Å². The van der Waals surface area contributed by atoms with Gasteiger partial charge in [0.15, 0.2) is 11.5 Å². The molecule has 0 bridgehead atoms. The zero-order valence-electron chi connectivity index (χ0n) is 11.8. The standard InChI is InChI=1S/C16H18ClNO3/c1-21-15-7-14(17)6-13(16(15)20)9-18-8-11-3-2-4-12(5-11)10-19/h2-7,18-20H,8-10H2,1H3. The van der Waals surface area contributed by atoms with Gasteiger partial charge in [0, 0.05) is 29.7 Å². The molecule has 4 nitrogen and oxygen atoms in total. The van der Waals surface area contributed by atoms with Gasteiger partial charge in [-0.3, -0.25) is 0 Å². The maximum atomic E-state index is 10.0. The van der Waals surface area contributed by atoms with Gasteiger partial charge in [-0.05, 0) is 17.2 Å². The number of ether oxygens (including phenoxy) is 1. The van der Waals surface area contributed by atoms with Gasteiger partial charge in [-0.2, -0.15) is 0 Å². The van der Waals surface area contributed by atoms with Crippen LogP contribution in [-0.2, 0) is 19.7 Å². The minimum Gasteiger partial charge on any atom is -0.504 e. The van der Waals surface area contributed by atoms with E-state index in [0.717, 1.165) is 11.1 Å². The van der Waals surface area contributed by atoms with Crippen LogP contribution < -0.4 is 10.1 Å². The zero-order valence-corrected chi connectivity index (χ0v) is 12.5. The molecule has 0 aromatic heterocycles. The second-order valence-corrected chi connectivity index (χ2v) is 5.13. The molecule has 0 aliphatic carbocycles. The fourth-order valence-electron chi connectivity index (χ4n) is 2.10. The number of hydrogen-bond donors (Lipinski definition) is 3. The van der Waals surface area contributed by atoms with E-state index in [0.29, 0.717) is 29.4 Å². The van der Waals surface area contributed by atoms with E-state index < -0.39 is 0 Å². The van der Waals surface area contributed by atoms with E-state index in [1.54, 1.807) is 12.1 Å². The number of aliphatic hydroxyl groups is 1. The van der Waals surface area contributed by atoms with Gasteiger partial charge < -0.3 is 20.3 Å².